The molecule has 0 bridgehead atoms. The van der Waals surface area contributed by atoms with Crippen LogP contribution in [0.5, 0.6) is 11.5 Å². The molecule has 0 unspecified atom stereocenters. The van der Waals surface area contributed by atoms with Gasteiger partial charge in [-0.3, -0.25) is 4.79 Å². The highest BCUT2D eigenvalue weighted by atomic mass is 16.3. The van der Waals surface area contributed by atoms with Gasteiger partial charge in [-0.15, -0.1) is 0 Å². The summed E-state index contributed by atoms with van der Waals surface area (Å²) in [6, 6.07) is 4.24. The molecule has 1 aromatic rings. The van der Waals surface area contributed by atoms with Crippen LogP contribution in [0.15, 0.2) is 18.2 Å². The maximum atomic E-state index is 12.2. The zero-order chi connectivity index (χ0) is 12.4. The van der Waals surface area contributed by atoms with Crippen molar-refractivity contribution in [2.45, 2.75) is 18.9 Å². The van der Waals surface area contributed by atoms with E-state index < -0.39 is 0 Å². The molecule has 5 nitrogen and oxygen atoms in total. The molecule has 1 fully saturated rings. The molecule has 5 heteroatoms. The van der Waals surface area contributed by atoms with Crippen molar-refractivity contribution in [1.82, 2.24) is 4.90 Å². The zero-order valence-corrected chi connectivity index (χ0v) is 9.47. The normalized spacial score (nSPS) is 14.6. The number of carbonyl (C=O) groups excluding carboxylic acids is 1. The molecule has 0 heterocycles. The van der Waals surface area contributed by atoms with E-state index >= 15 is 0 Å². The number of carbonyl (C=O) groups is 1. The van der Waals surface area contributed by atoms with Crippen molar-refractivity contribution in [3.05, 3.63) is 23.8 Å². The number of hydrogen-bond donors (Lipinski definition) is 3. The van der Waals surface area contributed by atoms with E-state index in [4.69, 9.17) is 5.73 Å². The summed E-state index contributed by atoms with van der Waals surface area (Å²) in [5.41, 5.74) is 5.69. The van der Waals surface area contributed by atoms with Crippen LogP contribution in [0, 0.1) is 0 Å². The van der Waals surface area contributed by atoms with Gasteiger partial charge in [0, 0.05) is 25.2 Å². The van der Waals surface area contributed by atoms with Crippen LogP contribution in [0.25, 0.3) is 0 Å². The van der Waals surface area contributed by atoms with Gasteiger partial charge in [0.05, 0.1) is 5.56 Å². The number of nitrogens with zero attached hydrogens (tertiary/aromatic N) is 1. The van der Waals surface area contributed by atoms with Gasteiger partial charge >= 0.3 is 0 Å². The number of phenols is 2. The van der Waals surface area contributed by atoms with Gasteiger partial charge in [0.15, 0.2) is 0 Å². The fourth-order valence-electron chi connectivity index (χ4n) is 1.83. The van der Waals surface area contributed by atoms with Crippen molar-refractivity contribution in [2.75, 3.05) is 13.1 Å². The lowest BCUT2D eigenvalue weighted by molar-refractivity contribution is 0.0745. The first-order valence-corrected chi connectivity index (χ1v) is 5.66. The second-order valence-electron chi connectivity index (χ2n) is 4.22. The van der Waals surface area contributed by atoms with Crippen molar-refractivity contribution in [2.24, 2.45) is 5.73 Å². The van der Waals surface area contributed by atoms with Gasteiger partial charge < -0.3 is 20.8 Å². The minimum absolute atomic E-state index is 0.0594. The summed E-state index contributed by atoms with van der Waals surface area (Å²) in [6.45, 7) is 0.894. The number of rotatable bonds is 4. The van der Waals surface area contributed by atoms with Crippen LogP contribution < -0.4 is 5.73 Å². The highest BCUT2D eigenvalue weighted by Gasteiger charge is 2.33. The molecule has 0 aromatic heterocycles. The third kappa shape index (κ3) is 2.50. The molecule has 4 N–H and O–H groups in total. The van der Waals surface area contributed by atoms with Gasteiger partial charge in [-0.1, -0.05) is 0 Å². The van der Waals surface area contributed by atoms with E-state index in [0.29, 0.717) is 13.1 Å². The Balaban J connectivity index is 2.22. The Morgan fingerprint density at radius 1 is 1.41 bits per heavy atom. The molecule has 1 aliphatic rings. The lowest BCUT2D eigenvalue weighted by Crippen LogP contribution is -2.37. The van der Waals surface area contributed by atoms with E-state index in [9.17, 15) is 15.0 Å². The standard InChI is InChI=1S/C12H16N2O3/c13-5-6-14(8-1-2-8)12(17)10-4-3-9(15)7-11(10)16/h3-4,7-8,15-16H,1-2,5-6,13H2. The minimum Gasteiger partial charge on any atom is -0.508 e. The average Bonchev–Trinajstić information content (AvgIpc) is 3.09. The molecule has 17 heavy (non-hydrogen) atoms. The van der Waals surface area contributed by atoms with E-state index in [1.54, 1.807) is 4.90 Å². The Kier molecular flexibility index (Phi) is 3.19. The molecule has 0 saturated heterocycles. The van der Waals surface area contributed by atoms with Gasteiger partial charge in [-0.05, 0) is 25.0 Å². The number of aromatic hydroxyl groups is 2. The quantitative estimate of drug-likeness (QED) is 0.716. The average molecular weight is 236 g/mol. The van der Waals surface area contributed by atoms with Crippen LogP contribution in [0.1, 0.15) is 23.2 Å². The van der Waals surface area contributed by atoms with Gasteiger partial charge in [0.25, 0.3) is 5.91 Å². The molecule has 0 atom stereocenters. The molecule has 1 saturated carbocycles. The third-order valence-electron chi connectivity index (χ3n) is 2.83. The molecule has 1 amide bonds. The number of benzene rings is 1. The smallest absolute Gasteiger partial charge is 0.257 e. The van der Waals surface area contributed by atoms with Crippen molar-refractivity contribution in [1.29, 1.82) is 0 Å². The molecule has 92 valence electrons. The van der Waals surface area contributed by atoms with Gasteiger partial charge in [-0.2, -0.15) is 0 Å². The second-order valence-corrected chi connectivity index (χ2v) is 4.22. The van der Waals surface area contributed by atoms with Crippen LogP contribution in [0.2, 0.25) is 0 Å². The Bertz CT molecular complexity index is 430. The third-order valence-corrected chi connectivity index (χ3v) is 2.83. The van der Waals surface area contributed by atoms with Crippen molar-refractivity contribution >= 4 is 5.91 Å². The summed E-state index contributed by atoms with van der Waals surface area (Å²) in [7, 11) is 0. The number of amides is 1. The lowest BCUT2D eigenvalue weighted by atomic mass is 10.1. The molecule has 1 aromatic carbocycles. The number of phenolic OH excluding ortho intramolecular Hbond substituents is 2. The van der Waals surface area contributed by atoms with E-state index in [0.717, 1.165) is 12.8 Å². The number of hydrogen-bond acceptors (Lipinski definition) is 4. The Labute approximate surface area is 99.5 Å². The Hall–Kier alpha value is -1.75. The largest absolute Gasteiger partial charge is 0.508 e. The highest BCUT2D eigenvalue weighted by Crippen LogP contribution is 2.30. The summed E-state index contributed by atoms with van der Waals surface area (Å²) in [5.74, 6) is -0.482. The van der Waals surface area contributed by atoms with E-state index in [2.05, 4.69) is 0 Å². The monoisotopic (exact) mass is 236 g/mol. The SMILES string of the molecule is NCCN(C(=O)c1ccc(O)cc1O)C1CC1. The first-order valence-electron chi connectivity index (χ1n) is 5.66. The first kappa shape index (κ1) is 11.7. The molecule has 0 spiro atoms. The van der Waals surface area contributed by atoms with Crippen LogP contribution >= 0.6 is 0 Å². The maximum Gasteiger partial charge on any atom is 0.257 e. The molecule has 1 aliphatic carbocycles. The predicted molar refractivity (Wildman–Crippen MR) is 62.9 cm³/mol. The van der Waals surface area contributed by atoms with Crippen molar-refractivity contribution in [3.8, 4) is 11.5 Å². The molecule has 0 aliphatic heterocycles. The molecule has 2 rings (SSSR count). The van der Waals surface area contributed by atoms with E-state index in [1.165, 1.54) is 18.2 Å². The fourth-order valence-corrected chi connectivity index (χ4v) is 1.83. The van der Waals surface area contributed by atoms with Gasteiger partial charge in [0.1, 0.15) is 11.5 Å². The van der Waals surface area contributed by atoms with Crippen LogP contribution in [0.3, 0.4) is 0 Å². The van der Waals surface area contributed by atoms with Crippen molar-refractivity contribution < 1.29 is 15.0 Å². The topological polar surface area (TPSA) is 86.8 Å². The summed E-state index contributed by atoms with van der Waals surface area (Å²) < 4.78 is 0. The zero-order valence-electron chi connectivity index (χ0n) is 9.47. The molecular formula is C12H16N2O3. The molecule has 0 radical (unpaired) electrons. The van der Waals surface area contributed by atoms with Crippen molar-refractivity contribution in [3.63, 3.8) is 0 Å². The first-order chi connectivity index (χ1) is 8.13. The molecular weight excluding hydrogens is 220 g/mol. The number of nitrogens with two attached hydrogens (primary N) is 1. The van der Waals surface area contributed by atoms with E-state index in [-0.39, 0.29) is 29.0 Å². The highest BCUT2D eigenvalue weighted by molar-refractivity contribution is 5.97. The van der Waals surface area contributed by atoms with Gasteiger partial charge in [-0.25, -0.2) is 0 Å². The summed E-state index contributed by atoms with van der Waals surface area (Å²) in [6.07, 6.45) is 1.98. The summed E-state index contributed by atoms with van der Waals surface area (Å²) >= 11 is 0. The lowest BCUT2D eigenvalue weighted by Gasteiger charge is -2.22. The Morgan fingerprint density at radius 2 is 2.12 bits per heavy atom. The van der Waals surface area contributed by atoms with Gasteiger partial charge in [0.2, 0.25) is 0 Å². The second kappa shape index (κ2) is 4.63. The van der Waals surface area contributed by atoms with Crippen LogP contribution in [0.4, 0.5) is 0 Å². The fraction of sp³-hybridized carbons (Fsp3) is 0.417. The van der Waals surface area contributed by atoms with Crippen LogP contribution in [-0.4, -0.2) is 40.2 Å². The van der Waals surface area contributed by atoms with E-state index in [1.807, 2.05) is 0 Å². The Morgan fingerprint density at radius 3 is 2.65 bits per heavy atom. The summed E-state index contributed by atoms with van der Waals surface area (Å²) in [4.78, 5) is 13.9. The van der Waals surface area contributed by atoms with Crippen LogP contribution in [-0.2, 0) is 0 Å². The maximum absolute atomic E-state index is 12.2. The summed E-state index contributed by atoms with van der Waals surface area (Å²) in [5, 5.41) is 18.8. The minimum atomic E-state index is -0.226. The predicted octanol–water partition coefficient (Wildman–Crippen LogP) is 0.661.